The molecule has 16 heavy (non-hydrogen) atoms. The van der Waals surface area contributed by atoms with E-state index in [1.165, 1.54) is 6.20 Å². The lowest BCUT2D eigenvalue weighted by molar-refractivity contribution is 0.0635. The van der Waals surface area contributed by atoms with Gasteiger partial charge in [-0.25, -0.2) is 9.78 Å². The number of aryl methyl sites for hydroxylation is 1. The van der Waals surface area contributed by atoms with E-state index >= 15 is 0 Å². The van der Waals surface area contributed by atoms with Crippen LogP contribution in [0.15, 0.2) is 12.3 Å². The first-order valence-corrected chi connectivity index (χ1v) is 5.28. The number of hydrogen-bond donors (Lipinski definition) is 1. The minimum absolute atomic E-state index is 0.427. The van der Waals surface area contributed by atoms with E-state index in [1.807, 2.05) is 6.92 Å². The van der Waals surface area contributed by atoms with Gasteiger partial charge >= 0.3 is 6.09 Å². The third-order valence-electron chi connectivity index (χ3n) is 1.68. The highest BCUT2D eigenvalue weighted by atomic mass is 35.5. The molecule has 5 heteroatoms. The smallest absolute Gasteiger partial charge is 0.413 e. The van der Waals surface area contributed by atoms with E-state index < -0.39 is 11.7 Å². The summed E-state index contributed by atoms with van der Waals surface area (Å²) >= 11 is 5.82. The van der Waals surface area contributed by atoms with Gasteiger partial charge in [-0.3, -0.25) is 5.32 Å². The number of pyridine rings is 1. The Morgan fingerprint density at radius 1 is 1.50 bits per heavy atom. The van der Waals surface area contributed by atoms with Crippen molar-refractivity contribution in [3.63, 3.8) is 0 Å². The fourth-order valence-electron chi connectivity index (χ4n) is 1.02. The van der Waals surface area contributed by atoms with Crippen LogP contribution in [0.25, 0.3) is 0 Å². The molecule has 0 aromatic carbocycles. The summed E-state index contributed by atoms with van der Waals surface area (Å²) in [4.78, 5) is 15.4. The van der Waals surface area contributed by atoms with E-state index in [-0.39, 0.29) is 0 Å². The minimum Gasteiger partial charge on any atom is -0.444 e. The first-order chi connectivity index (χ1) is 7.28. The van der Waals surface area contributed by atoms with Crippen molar-refractivity contribution in [3.8, 4) is 0 Å². The van der Waals surface area contributed by atoms with Crippen LogP contribution in [0, 0.1) is 6.92 Å². The quantitative estimate of drug-likeness (QED) is 0.821. The second kappa shape index (κ2) is 4.70. The number of amides is 1. The highest BCUT2D eigenvalue weighted by Gasteiger charge is 2.16. The third-order valence-corrected chi connectivity index (χ3v) is 2.07. The van der Waals surface area contributed by atoms with Crippen LogP contribution in [-0.4, -0.2) is 16.7 Å². The standard InChI is InChI=1S/C11H15ClN2O2/c1-7-5-9(13-6-8(7)12)14-10(15)16-11(2,3)4/h5-6H,1-4H3,(H,13,14,15). The molecule has 1 heterocycles. The van der Waals surface area contributed by atoms with Crippen LogP contribution in [0.2, 0.25) is 5.02 Å². The number of nitrogens with zero attached hydrogens (tertiary/aromatic N) is 1. The molecular formula is C11H15ClN2O2. The van der Waals surface area contributed by atoms with Gasteiger partial charge in [0, 0.05) is 6.20 Å². The summed E-state index contributed by atoms with van der Waals surface area (Å²) in [7, 11) is 0. The molecule has 0 saturated heterocycles. The number of hydrogen-bond acceptors (Lipinski definition) is 3. The lowest BCUT2D eigenvalue weighted by Crippen LogP contribution is -2.27. The SMILES string of the molecule is Cc1cc(NC(=O)OC(C)(C)C)ncc1Cl. The highest BCUT2D eigenvalue weighted by molar-refractivity contribution is 6.31. The highest BCUT2D eigenvalue weighted by Crippen LogP contribution is 2.17. The Bertz CT molecular complexity index is 399. The maximum absolute atomic E-state index is 11.4. The molecule has 0 radical (unpaired) electrons. The molecule has 1 rings (SSSR count). The molecule has 0 fully saturated rings. The van der Waals surface area contributed by atoms with Gasteiger partial charge < -0.3 is 4.74 Å². The summed E-state index contributed by atoms with van der Waals surface area (Å²) < 4.78 is 5.09. The van der Waals surface area contributed by atoms with Crippen LogP contribution in [0.4, 0.5) is 10.6 Å². The Hall–Kier alpha value is -1.29. The number of aromatic nitrogens is 1. The number of nitrogens with one attached hydrogen (secondary N) is 1. The molecule has 0 saturated carbocycles. The fourth-order valence-corrected chi connectivity index (χ4v) is 1.12. The predicted octanol–water partition coefficient (Wildman–Crippen LogP) is 3.39. The Balaban J connectivity index is 2.67. The van der Waals surface area contributed by atoms with E-state index in [1.54, 1.807) is 26.8 Å². The number of carbonyl (C=O) groups excluding carboxylic acids is 1. The summed E-state index contributed by atoms with van der Waals surface area (Å²) in [5.74, 6) is 0.427. The molecule has 0 spiro atoms. The molecule has 0 aliphatic rings. The van der Waals surface area contributed by atoms with E-state index in [9.17, 15) is 4.79 Å². The molecule has 0 aliphatic heterocycles. The predicted molar refractivity (Wildman–Crippen MR) is 63.8 cm³/mol. The molecule has 0 aliphatic carbocycles. The van der Waals surface area contributed by atoms with Crippen molar-refractivity contribution in [1.29, 1.82) is 0 Å². The monoisotopic (exact) mass is 242 g/mol. The molecule has 0 bridgehead atoms. The average molecular weight is 243 g/mol. The third kappa shape index (κ3) is 4.06. The van der Waals surface area contributed by atoms with Crippen molar-refractivity contribution < 1.29 is 9.53 Å². The van der Waals surface area contributed by atoms with E-state index in [2.05, 4.69) is 10.3 Å². The van der Waals surface area contributed by atoms with Crippen LogP contribution < -0.4 is 5.32 Å². The fraction of sp³-hybridized carbons (Fsp3) is 0.455. The van der Waals surface area contributed by atoms with Crippen molar-refractivity contribution >= 4 is 23.5 Å². The molecule has 1 N–H and O–H groups in total. The van der Waals surface area contributed by atoms with Gasteiger partial charge in [0.1, 0.15) is 11.4 Å². The largest absolute Gasteiger partial charge is 0.444 e. The van der Waals surface area contributed by atoms with Crippen molar-refractivity contribution in [3.05, 3.63) is 22.8 Å². The van der Waals surface area contributed by atoms with Gasteiger partial charge in [0.2, 0.25) is 0 Å². The Morgan fingerprint density at radius 3 is 2.62 bits per heavy atom. The Kier molecular flexibility index (Phi) is 3.75. The van der Waals surface area contributed by atoms with Gasteiger partial charge in [-0.15, -0.1) is 0 Å². The minimum atomic E-state index is -0.526. The van der Waals surface area contributed by atoms with Gasteiger partial charge in [0.15, 0.2) is 0 Å². The molecule has 1 aromatic rings. The van der Waals surface area contributed by atoms with Gasteiger partial charge in [0.05, 0.1) is 5.02 Å². The van der Waals surface area contributed by atoms with Crippen molar-refractivity contribution in [2.24, 2.45) is 0 Å². The van der Waals surface area contributed by atoms with E-state index in [0.717, 1.165) is 5.56 Å². The molecule has 4 nitrogen and oxygen atoms in total. The number of ether oxygens (including phenoxy) is 1. The summed E-state index contributed by atoms with van der Waals surface area (Å²) in [5.41, 5.74) is 0.327. The number of carbonyl (C=O) groups is 1. The van der Waals surface area contributed by atoms with Gasteiger partial charge in [-0.2, -0.15) is 0 Å². The molecule has 0 atom stereocenters. The molecule has 1 amide bonds. The molecule has 88 valence electrons. The van der Waals surface area contributed by atoms with Gasteiger partial charge in [-0.05, 0) is 39.3 Å². The molecule has 1 aromatic heterocycles. The van der Waals surface area contributed by atoms with Crippen LogP contribution >= 0.6 is 11.6 Å². The van der Waals surface area contributed by atoms with E-state index in [0.29, 0.717) is 10.8 Å². The van der Waals surface area contributed by atoms with Crippen LogP contribution in [0.5, 0.6) is 0 Å². The second-order valence-corrected chi connectivity index (χ2v) is 4.85. The lowest BCUT2D eigenvalue weighted by Gasteiger charge is -2.19. The first kappa shape index (κ1) is 12.8. The van der Waals surface area contributed by atoms with Crippen molar-refractivity contribution in [1.82, 2.24) is 4.98 Å². The Labute approximate surface area is 100.0 Å². The Morgan fingerprint density at radius 2 is 2.12 bits per heavy atom. The zero-order chi connectivity index (χ0) is 12.3. The molecular weight excluding hydrogens is 228 g/mol. The topological polar surface area (TPSA) is 51.2 Å². The zero-order valence-electron chi connectivity index (χ0n) is 9.80. The van der Waals surface area contributed by atoms with Crippen molar-refractivity contribution in [2.45, 2.75) is 33.3 Å². The maximum atomic E-state index is 11.4. The second-order valence-electron chi connectivity index (χ2n) is 4.45. The average Bonchev–Trinajstić information content (AvgIpc) is 2.08. The van der Waals surface area contributed by atoms with Gasteiger partial charge in [0.25, 0.3) is 0 Å². The normalized spacial score (nSPS) is 11.1. The van der Waals surface area contributed by atoms with Gasteiger partial charge in [-0.1, -0.05) is 11.6 Å². The number of halogens is 1. The van der Waals surface area contributed by atoms with E-state index in [4.69, 9.17) is 16.3 Å². The number of rotatable bonds is 1. The molecule has 0 unspecified atom stereocenters. The first-order valence-electron chi connectivity index (χ1n) is 4.90. The lowest BCUT2D eigenvalue weighted by atomic mass is 10.2. The number of anilines is 1. The zero-order valence-corrected chi connectivity index (χ0v) is 10.6. The van der Waals surface area contributed by atoms with Crippen LogP contribution in [0.3, 0.4) is 0 Å². The maximum Gasteiger partial charge on any atom is 0.413 e. The summed E-state index contributed by atoms with van der Waals surface area (Å²) in [6.07, 6.45) is 0.963. The summed E-state index contributed by atoms with van der Waals surface area (Å²) in [6, 6.07) is 1.69. The van der Waals surface area contributed by atoms with Crippen LogP contribution in [-0.2, 0) is 4.74 Å². The summed E-state index contributed by atoms with van der Waals surface area (Å²) in [5, 5.41) is 3.10. The van der Waals surface area contributed by atoms with Crippen LogP contribution in [0.1, 0.15) is 26.3 Å². The summed E-state index contributed by atoms with van der Waals surface area (Å²) in [6.45, 7) is 7.23. The van der Waals surface area contributed by atoms with Crippen molar-refractivity contribution in [2.75, 3.05) is 5.32 Å².